The van der Waals surface area contributed by atoms with Crippen molar-refractivity contribution in [2.24, 2.45) is 0 Å². The first kappa shape index (κ1) is 12.0. The van der Waals surface area contributed by atoms with E-state index in [0.717, 1.165) is 24.3 Å². The molecule has 0 radical (unpaired) electrons. The topological polar surface area (TPSA) is 21.3 Å². The van der Waals surface area contributed by atoms with Gasteiger partial charge < -0.3 is 10.1 Å². The molecule has 1 rings (SSSR count). The molecule has 0 aromatic heterocycles. The van der Waals surface area contributed by atoms with Crippen molar-refractivity contribution in [2.75, 3.05) is 13.2 Å². The molecule has 0 fully saturated rings. The van der Waals surface area contributed by atoms with Gasteiger partial charge in [0.2, 0.25) is 0 Å². The summed E-state index contributed by atoms with van der Waals surface area (Å²) >= 11 is 0. The van der Waals surface area contributed by atoms with Gasteiger partial charge in [-0.3, -0.25) is 0 Å². The summed E-state index contributed by atoms with van der Waals surface area (Å²) < 4.78 is 18.5. The monoisotopic (exact) mass is 211 g/mol. The number of ether oxygens (including phenoxy) is 1. The normalized spacial score (nSPS) is 10.3. The van der Waals surface area contributed by atoms with Crippen LogP contribution in [0.3, 0.4) is 0 Å². The first-order chi connectivity index (χ1) is 7.27. The smallest absolute Gasteiger partial charge is 0.123 e. The van der Waals surface area contributed by atoms with E-state index in [0.29, 0.717) is 13.2 Å². The Balaban J connectivity index is 2.73. The molecule has 1 N–H and O–H groups in total. The largest absolute Gasteiger partial charge is 0.493 e. The fraction of sp³-hybridized carbons (Fsp3) is 0.500. The summed E-state index contributed by atoms with van der Waals surface area (Å²) in [6, 6.07) is 4.64. The van der Waals surface area contributed by atoms with E-state index in [1.54, 1.807) is 6.07 Å². The number of halogens is 1. The van der Waals surface area contributed by atoms with Crippen LogP contribution in [0.4, 0.5) is 4.39 Å². The second-order valence-corrected chi connectivity index (χ2v) is 3.38. The average Bonchev–Trinajstić information content (AvgIpc) is 2.25. The van der Waals surface area contributed by atoms with Gasteiger partial charge in [-0.05, 0) is 31.2 Å². The van der Waals surface area contributed by atoms with Gasteiger partial charge in [-0.25, -0.2) is 4.39 Å². The molecule has 0 saturated heterocycles. The van der Waals surface area contributed by atoms with Crippen LogP contribution in [-0.2, 0) is 6.54 Å². The lowest BCUT2D eigenvalue weighted by Crippen LogP contribution is -2.13. The Morgan fingerprint density at radius 2 is 2.13 bits per heavy atom. The standard InChI is InChI=1S/C12H18FNO/c1-3-7-15-12-6-5-11(13)8-10(12)9-14-4-2/h5-6,8,14H,3-4,7,9H2,1-2H3. The molecule has 2 nitrogen and oxygen atoms in total. The zero-order valence-corrected chi connectivity index (χ0v) is 9.35. The second-order valence-electron chi connectivity index (χ2n) is 3.38. The third kappa shape index (κ3) is 3.88. The molecule has 1 aromatic carbocycles. The first-order valence-electron chi connectivity index (χ1n) is 5.39. The molecule has 0 aliphatic rings. The number of hydrogen-bond acceptors (Lipinski definition) is 2. The summed E-state index contributed by atoms with van der Waals surface area (Å²) in [5, 5.41) is 3.16. The molecule has 0 aliphatic heterocycles. The van der Waals surface area contributed by atoms with Crippen LogP contribution in [0, 0.1) is 5.82 Å². The van der Waals surface area contributed by atoms with E-state index in [1.165, 1.54) is 12.1 Å². The zero-order valence-electron chi connectivity index (χ0n) is 9.35. The van der Waals surface area contributed by atoms with E-state index in [4.69, 9.17) is 4.74 Å². The first-order valence-corrected chi connectivity index (χ1v) is 5.39. The van der Waals surface area contributed by atoms with Crippen LogP contribution in [-0.4, -0.2) is 13.2 Å². The fourth-order valence-electron chi connectivity index (χ4n) is 1.30. The molecule has 0 unspecified atom stereocenters. The summed E-state index contributed by atoms with van der Waals surface area (Å²) in [4.78, 5) is 0. The maximum Gasteiger partial charge on any atom is 0.123 e. The molecule has 15 heavy (non-hydrogen) atoms. The van der Waals surface area contributed by atoms with Crippen molar-refractivity contribution in [2.45, 2.75) is 26.8 Å². The fourth-order valence-corrected chi connectivity index (χ4v) is 1.30. The van der Waals surface area contributed by atoms with Crippen molar-refractivity contribution < 1.29 is 9.13 Å². The summed E-state index contributed by atoms with van der Waals surface area (Å²) in [5.74, 6) is 0.561. The Morgan fingerprint density at radius 3 is 2.80 bits per heavy atom. The quantitative estimate of drug-likeness (QED) is 0.781. The molecule has 0 heterocycles. The lowest BCUT2D eigenvalue weighted by atomic mass is 10.2. The van der Waals surface area contributed by atoms with Crippen LogP contribution in [0.25, 0.3) is 0 Å². The predicted molar refractivity (Wildman–Crippen MR) is 59.6 cm³/mol. The maximum absolute atomic E-state index is 13.0. The van der Waals surface area contributed by atoms with Gasteiger partial charge >= 0.3 is 0 Å². The Morgan fingerprint density at radius 1 is 1.33 bits per heavy atom. The van der Waals surface area contributed by atoms with Crippen LogP contribution in [0.5, 0.6) is 5.75 Å². The minimum atomic E-state index is -0.216. The highest BCUT2D eigenvalue weighted by Gasteiger charge is 2.04. The number of nitrogens with one attached hydrogen (secondary N) is 1. The summed E-state index contributed by atoms with van der Waals surface area (Å²) in [6.45, 7) is 6.25. The van der Waals surface area contributed by atoms with E-state index in [-0.39, 0.29) is 5.82 Å². The van der Waals surface area contributed by atoms with Crippen LogP contribution in [0.2, 0.25) is 0 Å². The van der Waals surface area contributed by atoms with Gasteiger partial charge in [-0.15, -0.1) is 0 Å². The summed E-state index contributed by atoms with van der Waals surface area (Å²) in [6.07, 6.45) is 0.956. The lowest BCUT2D eigenvalue weighted by Gasteiger charge is -2.11. The van der Waals surface area contributed by atoms with Crippen LogP contribution in [0.1, 0.15) is 25.8 Å². The highest BCUT2D eigenvalue weighted by Crippen LogP contribution is 2.19. The molecular weight excluding hydrogens is 193 g/mol. The number of benzene rings is 1. The van der Waals surface area contributed by atoms with Gasteiger partial charge in [-0.1, -0.05) is 13.8 Å². The third-order valence-corrected chi connectivity index (χ3v) is 2.05. The third-order valence-electron chi connectivity index (χ3n) is 2.05. The Bertz CT molecular complexity index is 302. The van der Waals surface area contributed by atoms with Crippen LogP contribution in [0.15, 0.2) is 18.2 Å². The summed E-state index contributed by atoms with van der Waals surface area (Å²) in [5.41, 5.74) is 0.880. The van der Waals surface area contributed by atoms with Crippen molar-refractivity contribution in [3.05, 3.63) is 29.6 Å². The highest BCUT2D eigenvalue weighted by molar-refractivity contribution is 5.33. The average molecular weight is 211 g/mol. The van der Waals surface area contributed by atoms with E-state index in [2.05, 4.69) is 5.32 Å². The number of hydrogen-bond donors (Lipinski definition) is 1. The molecule has 1 aromatic rings. The van der Waals surface area contributed by atoms with Gasteiger partial charge in [0.15, 0.2) is 0 Å². The van der Waals surface area contributed by atoms with E-state index < -0.39 is 0 Å². The summed E-state index contributed by atoms with van der Waals surface area (Å²) in [7, 11) is 0. The van der Waals surface area contributed by atoms with Gasteiger partial charge in [0, 0.05) is 12.1 Å². The number of rotatable bonds is 6. The Hall–Kier alpha value is -1.09. The van der Waals surface area contributed by atoms with Crippen molar-refractivity contribution >= 4 is 0 Å². The molecule has 0 aliphatic carbocycles. The van der Waals surface area contributed by atoms with E-state index in [9.17, 15) is 4.39 Å². The lowest BCUT2D eigenvalue weighted by molar-refractivity contribution is 0.313. The molecule has 0 amide bonds. The minimum absolute atomic E-state index is 0.216. The molecule has 3 heteroatoms. The Kier molecular flexibility index (Phi) is 5.12. The van der Waals surface area contributed by atoms with Crippen molar-refractivity contribution in [3.8, 4) is 5.75 Å². The van der Waals surface area contributed by atoms with Gasteiger partial charge in [0.25, 0.3) is 0 Å². The molecule has 84 valence electrons. The maximum atomic E-state index is 13.0. The van der Waals surface area contributed by atoms with Gasteiger partial charge in [0.1, 0.15) is 11.6 Å². The van der Waals surface area contributed by atoms with Crippen molar-refractivity contribution in [1.82, 2.24) is 5.32 Å². The molecule has 0 saturated carbocycles. The van der Waals surface area contributed by atoms with E-state index in [1.807, 2.05) is 13.8 Å². The SMILES string of the molecule is CCCOc1ccc(F)cc1CNCC. The van der Waals surface area contributed by atoms with Crippen molar-refractivity contribution in [3.63, 3.8) is 0 Å². The van der Waals surface area contributed by atoms with E-state index >= 15 is 0 Å². The highest BCUT2D eigenvalue weighted by atomic mass is 19.1. The molecular formula is C12H18FNO. The zero-order chi connectivity index (χ0) is 11.1. The molecule has 0 atom stereocenters. The van der Waals surface area contributed by atoms with Crippen LogP contribution >= 0.6 is 0 Å². The van der Waals surface area contributed by atoms with Crippen molar-refractivity contribution in [1.29, 1.82) is 0 Å². The minimum Gasteiger partial charge on any atom is -0.493 e. The second kappa shape index (κ2) is 6.40. The van der Waals surface area contributed by atoms with Crippen LogP contribution < -0.4 is 10.1 Å². The molecule has 0 spiro atoms. The Labute approximate surface area is 90.4 Å². The molecule has 0 bridgehead atoms. The predicted octanol–water partition coefficient (Wildman–Crippen LogP) is 2.72. The van der Waals surface area contributed by atoms with Gasteiger partial charge in [-0.2, -0.15) is 0 Å². The van der Waals surface area contributed by atoms with Gasteiger partial charge in [0.05, 0.1) is 6.61 Å².